The number of rotatable bonds is 7. The Labute approximate surface area is 158 Å². The van der Waals surface area contributed by atoms with E-state index < -0.39 is 0 Å². The SMILES string of the molecule is CCn1c(SCc2cc(OC)c(OC)cc2C)nnc1-c1ccccc1. The van der Waals surface area contributed by atoms with Gasteiger partial charge in [-0.1, -0.05) is 42.1 Å². The van der Waals surface area contributed by atoms with E-state index in [9.17, 15) is 0 Å². The number of hydrogen-bond donors (Lipinski definition) is 0. The average Bonchev–Trinajstić information content (AvgIpc) is 3.10. The van der Waals surface area contributed by atoms with Crippen molar-refractivity contribution in [3.63, 3.8) is 0 Å². The van der Waals surface area contributed by atoms with Gasteiger partial charge in [0.05, 0.1) is 14.2 Å². The summed E-state index contributed by atoms with van der Waals surface area (Å²) in [5.74, 6) is 3.19. The van der Waals surface area contributed by atoms with Gasteiger partial charge < -0.3 is 14.0 Å². The molecule has 3 rings (SSSR count). The summed E-state index contributed by atoms with van der Waals surface area (Å²) in [5, 5.41) is 9.72. The lowest BCUT2D eigenvalue weighted by Gasteiger charge is -2.13. The number of aromatic nitrogens is 3. The van der Waals surface area contributed by atoms with E-state index in [2.05, 4.69) is 40.7 Å². The lowest BCUT2D eigenvalue weighted by molar-refractivity contribution is 0.354. The molecular weight excluding hydrogens is 346 g/mol. The van der Waals surface area contributed by atoms with Gasteiger partial charge in [-0.25, -0.2) is 0 Å². The van der Waals surface area contributed by atoms with Crippen LogP contribution in [0.25, 0.3) is 11.4 Å². The second-order valence-electron chi connectivity index (χ2n) is 5.84. The summed E-state index contributed by atoms with van der Waals surface area (Å²) in [4.78, 5) is 0. The van der Waals surface area contributed by atoms with Gasteiger partial charge in [0.25, 0.3) is 0 Å². The van der Waals surface area contributed by atoms with Crippen LogP contribution < -0.4 is 9.47 Å². The van der Waals surface area contributed by atoms with Gasteiger partial charge in [-0.3, -0.25) is 0 Å². The molecule has 0 saturated carbocycles. The summed E-state index contributed by atoms with van der Waals surface area (Å²) in [6, 6.07) is 14.2. The van der Waals surface area contributed by atoms with Crippen LogP contribution in [-0.2, 0) is 12.3 Å². The minimum atomic E-state index is 0.746. The first-order chi connectivity index (χ1) is 12.7. The van der Waals surface area contributed by atoms with Crippen molar-refractivity contribution in [2.24, 2.45) is 0 Å². The molecule has 0 N–H and O–H groups in total. The molecule has 3 aromatic rings. The van der Waals surface area contributed by atoms with Crippen LogP contribution in [0.5, 0.6) is 11.5 Å². The maximum atomic E-state index is 5.42. The Kier molecular flexibility index (Phi) is 5.83. The normalized spacial score (nSPS) is 10.8. The van der Waals surface area contributed by atoms with Gasteiger partial charge in [0.1, 0.15) is 0 Å². The van der Waals surface area contributed by atoms with E-state index in [1.165, 1.54) is 11.1 Å². The fourth-order valence-electron chi connectivity index (χ4n) is 2.80. The van der Waals surface area contributed by atoms with Gasteiger partial charge in [-0.15, -0.1) is 10.2 Å². The predicted molar refractivity (Wildman–Crippen MR) is 105 cm³/mol. The molecule has 0 spiro atoms. The number of nitrogens with zero attached hydrogens (tertiary/aromatic N) is 3. The minimum absolute atomic E-state index is 0.746. The number of methoxy groups -OCH3 is 2. The summed E-state index contributed by atoms with van der Waals surface area (Å²) in [5.41, 5.74) is 3.44. The zero-order valence-corrected chi connectivity index (χ0v) is 16.3. The number of hydrogen-bond acceptors (Lipinski definition) is 5. The van der Waals surface area contributed by atoms with Crippen molar-refractivity contribution >= 4 is 11.8 Å². The van der Waals surface area contributed by atoms with Gasteiger partial charge in [0.2, 0.25) is 0 Å². The molecule has 0 aliphatic heterocycles. The van der Waals surface area contributed by atoms with Crippen molar-refractivity contribution in [1.29, 1.82) is 0 Å². The standard InChI is InChI=1S/C20H23N3O2S/c1-5-23-19(15-9-7-6-8-10-15)21-22-20(23)26-13-16-12-18(25-4)17(24-3)11-14(16)2/h6-12H,5,13H2,1-4H3. The van der Waals surface area contributed by atoms with E-state index in [1.807, 2.05) is 30.3 Å². The molecule has 0 aliphatic rings. The van der Waals surface area contributed by atoms with E-state index in [4.69, 9.17) is 9.47 Å². The van der Waals surface area contributed by atoms with Crippen LogP contribution in [0.4, 0.5) is 0 Å². The number of thioether (sulfide) groups is 1. The van der Waals surface area contributed by atoms with Crippen LogP contribution in [0.3, 0.4) is 0 Å². The van der Waals surface area contributed by atoms with Crippen LogP contribution in [0.15, 0.2) is 47.6 Å². The molecule has 6 heteroatoms. The molecule has 0 fully saturated rings. The Bertz CT molecular complexity index is 878. The van der Waals surface area contributed by atoms with E-state index in [0.29, 0.717) is 0 Å². The minimum Gasteiger partial charge on any atom is -0.493 e. The molecule has 5 nitrogen and oxygen atoms in total. The van der Waals surface area contributed by atoms with Crippen LogP contribution in [-0.4, -0.2) is 29.0 Å². The Hall–Kier alpha value is -2.47. The third-order valence-corrected chi connectivity index (χ3v) is 5.28. The van der Waals surface area contributed by atoms with Gasteiger partial charge in [0.15, 0.2) is 22.5 Å². The smallest absolute Gasteiger partial charge is 0.191 e. The van der Waals surface area contributed by atoms with Gasteiger partial charge in [0, 0.05) is 17.9 Å². The van der Waals surface area contributed by atoms with Crippen LogP contribution >= 0.6 is 11.8 Å². The fourth-order valence-corrected chi connectivity index (χ4v) is 3.87. The van der Waals surface area contributed by atoms with E-state index >= 15 is 0 Å². The highest BCUT2D eigenvalue weighted by Crippen LogP contribution is 2.33. The van der Waals surface area contributed by atoms with Crippen molar-refractivity contribution in [3.05, 3.63) is 53.6 Å². The van der Waals surface area contributed by atoms with Crippen molar-refractivity contribution in [2.45, 2.75) is 31.3 Å². The first-order valence-corrected chi connectivity index (χ1v) is 9.49. The second kappa shape index (κ2) is 8.27. The predicted octanol–water partition coefficient (Wildman–Crippen LogP) is 4.58. The molecule has 0 atom stereocenters. The highest BCUT2D eigenvalue weighted by Gasteiger charge is 2.14. The molecule has 2 aromatic carbocycles. The first kappa shape index (κ1) is 18.3. The second-order valence-corrected chi connectivity index (χ2v) is 6.78. The fraction of sp³-hybridized carbons (Fsp3) is 0.300. The summed E-state index contributed by atoms with van der Waals surface area (Å²) in [6.07, 6.45) is 0. The molecule has 0 radical (unpaired) electrons. The van der Waals surface area contributed by atoms with E-state index in [0.717, 1.165) is 40.3 Å². The highest BCUT2D eigenvalue weighted by molar-refractivity contribution is 7.98. The summed E-state index contributed by atoms with van der Waals surface area (Å²) < 4.78 is 12.9. The third kappa shape index (κ3) is 3.70. The average molecular weight is 369 g/mol. The lowest BCUT2D eigenvalue weighted by atomic mass is 10.1. The molecule has 0 amide bonds. The quantitative estimate of drug-likeness (QED) is 0.571. The maximum Gasteiger partial charge on any atom is 0.191 e. The maximum absolute atomic E-state index is 5.42. The molecule has 0 bridgehead atoms. The van der Waals surface area contributed by atoms with Gasteiger partial charge in [-0.2, -0.15) is 0 Å². The number of ether oxygens (including phenoxy) is 2. The number of aryl methyl sites for hydroxylation is 1. The topological polar surface area (TPSA) is 49.2 Å². The Morgan fingerprint density at radius 3 is 2.35 bits per heavy atom. The third-order valence-electron chi connectivity index (χ3n) is 4.26. The van der Waals surface area contributed by atoms with Crippen LogP contribution in [0.1, 0.15) is 18.1 Å². The van der Waals surface area contributed by atoms with E-state index in [-0.39, 0.29) is 0 Å². The zero-order chi connectivity index (χ0) is 18.5. The van der Waals surface area contributed by atoms with Crippen molar-refractivity contribution < 1.29 is 9.47 Å². The molecule has 1 heterocycles. The molecule has 0 unspecified atom stereocenters. The largest absolute Gasteiger partial charge is 0.493 e. The number of benzene rings is 2. The first-order valence-electron chi connectivity index (χ1n) is 8.50. The molecule has 1 aromatic heterocycles. The van der Waals surface area contributed by atoms with Crippen LogP contribution in [0.2, 0.25) is 0 Å². The highest BCUT2D eigenvalue weighted by atomic mass is 32.2. The zero-order valence-electron chi connectivity index (χ0n) is 15.5. The molecule has 26 heavy (non-hydrogen) atoms. The summed E-state index contributed by atoms with van der Waals surface area (Å²) >= 11 is 1.68. The van der Waals surface area contributed by atoms with Gasteiger partial charge >= 0.3 is 0 Å². The van der Waals surface area contributed by atoms with Crippen molar-refractivity contribution in [3.8, 4) is 22.9 Å². The van der Waals surface area contributed by atoms with E-state index in [1.54, 1.807) is 26.0 Å². The van der Waals surface area contributed by atoms with Crippen molar-refractivity contribution in [2.75, 3.05) is 14.2 Å². The lowest BCUT2D eigenvalue weighted by Crippen LogP contribution is -2.00. The van der Waals surface area contributed by atoms with Crippen LogP contribution in [0, 0.1) is 6.92 Å². The summed E-state index contributed by atoms with van der Waals surface area (Å²) in [6.45, 7) is 5.02. The van der Waals surface area contributed by atoms with Gasteiger partial charge in [-0.05, 0) is 37.1 Å². The monoisotopic (exact) mass is 369 g/mol. The van der Waals surface area contributed by atoms with Crippen molar-refractivity contribution in [1.82, 2.24) is 14.8 Å². The Morgan fingerprint density at radius 1 is 1.00 bits per heavy atom. The molecule has 0 aliphatic carbocycles. The Morgan fingerprint density at radius 2 is 1.69 bits per heavy atom. The Balaban J connectivity index is 1.84. The molecule has 0 saturated heterocycles. The molecular formula is C20H23N3O2S. The summed E-state index contributed by atoms with van der Waals surface area (Å²) in [7, 11) is 3.31. The molecule has 136 valence electrons.